The van der Waals surface area contributed by atoms with Crippen LogP contribution in [0.25, 0.3) is 0 Å². The van der Waals surface area contributed by atoms with Gasteiger partial charge in [0.1, 0.15) is 0 Å². The quantitative estimate of drug-likeness (QED) is 0.754. The molecule has 3 amide bonds. The number of rotatable bonds is 5. The molecular weight excluding hydrogens is 262 g/mol. The number of hydrogen-bond donors (Lipinski definition) is 2. The number of carbonyl (C=O) groups is 3. The van der Waals surface area contributed by atoms with Crippen LogP contribution in [-0.4, -0.2) is 58.5 Å². The Hall–Kier alpha value is -1.79. The van der Waals surface area contributed by atoms with Crippen LogP contribution in [0.2, 0.25) is 0 Å². The van der Waals surface area contributed by atoms with Crippen molar-refractivity contribution < 1.29 is 19.5 Å². The lowest BCUT2D eigenvalue weighted by Crippen LogP contribution is -2.50. The lowest BCUT2D eigenvalue weighted by Gasteiger charge is -2.35. The Morgan fingerprint density at radius 3 is 2.50 bits per heavy atom. The van der Waals surface area contributed by atoms with Gasteiger partial charge >= 0.3 is 12.0 Å². The van der Waals surface area contributed by atoms with E-state index in [9.17, 15) is 14.4 Å². The molecule has 7 heteroatoms. The maximum Gasteiger partial charge on any atom is 0.320 e. The Bertz CT molecular complexity index is 408. The van der Waals surface area contributed by atoms with E-state index in [1.807, 2.05) is 0 Å². The molecule has 3 N–H and O–H groups in total. The van der Waals surface area contributed by atoms with E-state index in [1.165, 1.54) is 0 Å². The molecule has 2 rings (SSSR count). The summed E-state index contributed by atoms with van der Waals surface area (Å²) in [6.07, 6.45) is 3.29. The molecule has 1 atom stereocenters. The third kappa shape index (κ3) is 3.61. The molecule has 20 heavy (non-hydrogen) atoms. The molecule has 0 aromatic heterocycles. The largest absolute Gasteiger partial charge is 0.481 e. The van der Waals surface area contributed by atoms with Gasteiger partial charge in [-0.15, -0.1) is 0 Å². The standard InChI is InChI=1S/C13H21N3O4/c14-12(19)9-2-1-6-15(8-9)13(20)16(10-3-4-10)7-5-11(17)18/h9-10H,1-8H2,(H2,14,19)(H,17,18). The van der Waals surface area contributed by atoms with Crippen LogP contribution in [0.4, 0.5) is 4.79 Å². The van der Waals surface area contributed by atoms with E-state index in [2.05, 4.69) is 0 Å². The van der Waals surface area contributed by atoms with Gasteiger partial charge in [-0.1, -0.05) is 0 Å². The highest BCUT2D eigenvalue weighted by molar-refractivity contribution is 5.80. The van der Waals surface area contributed by atoms with Gasteiger partial charge in [0.15, 0.2) is 0 Å². The zero-order valence-corrected chi connectivity index (χ0v) is 11.5. The van der Waals surface area contributed by atoms with Gasteiger partial charge in [0.05, 0.1) is 12.3 Å². The Labute approximate surface area is 117 Å². The zero-order valence-electron chi connectivity index (χ0n) is 11.5. The Morgan fingerprint density at radius 2 is 1.95 bits per heavy atom. The fourth-order valence-electron chi connectivity index (χ4n) is 2.60. The van der Waals surface area contributed by atoms with Crippen molar-refractivity contribution in [1.29, 1.82) is 0 Å². The third-order valence-corrected chi connectivity index (χ3v) is 3.89. The summed E-state index contributed by atoms with van der Waals surface area (Å²) in [5.74, 6) is -1.56. The molecule has 0 radical (unpaired) electrons. The van der Waals surface area contributed by atoms with Crippen molar-refractivity contribution in [2.75, 3.05) is 19.6 Å². The average molecular weight is 283 g/mol. The molecule has 7 nitrogen and oxygen atoms in total. The van der Waals surface area contributed by atoms with Crippen LogP contribution in [0.1, 0.15) is 32.1 Å². The van der Waals surface area contributed by atoms with E-state index < -0.39 is 5.97 Å². The summed E-state index contributed by atoms with van der Waals surface area (Å²) in [6, 6.07) is 0.00973. The number of urea groups is 1. The highest BCUT2D eigenvalue weighted by atomic mass is 16.4. The minimum atomic E-state index is -0.905. The van der Waals surface area contributed by atoms with Gasteiger partial charge in [0, 0.05) is 25.7 Å². The normalized spacial score (nSPS) is 22.4. The zero-order chi connectivity index (χ0) is 14.7. The molecule has 1 saturated carbocycles. The number of carboxylic acid groups (broad SMARTS) is 1. The van der Waals surface area contributed by atoms with Gasteiger partial charge in [-0.2, -0.15) is 0 Å². The first kappa shape index (κ1) is 14.6. The molecule has 1 aliphatic heterocycles. The van der Waals surface area contributed by atoms with E-state index in [1.54, 1.807) is 9.80 Å². The molecule has 0 bridgehead atoms. The topological polar surface area (TPSA) is 104 Å². The lowest BCUT2D eigenvalue weighted by molar-refractivity contribution is -0.137. The van der Waals surface area contributed by atoms with Crippen molar-refractivity contribution in [2.45, 2.75) is 38.1 Å². The predicted octanol–water partition coefficient (Wildman–Crippen LogP) is 0.243. The first-order valence-electron chi connectivity index (χ1n) is 7.05. The summed E-state index contributed by atoms with van der Waals surface area (Å²) < 4.78 is 0. The number of nitrogens with two attached hydrogens (primary N) is 1. The van der Waals surface area contributed by atoms with E-state index in [4.69, 9.17) is 10.8 Å². The molecular formula is C13H21N3O4. The fraction of sp³-hybridized carbons (Fsp3) is 0.769. The Balaban J connectivity index is 1.96. The Morgan fingerprint density at radius 1 is 1.25 bits per heavy atom. The minimum absolute atomic E-state index is 0.0463. The smallest absolute Gasteiger partial charge is 0.320 e. The summed E-state index contributed by atoms with van der Waals surface area (Å²) >= 11 is 0. The highest BCUT2D eigenvalue weighted by Crippen LogP contribution is 2.29. The molecule has 0 aromatic rings. The van der Waals surface area contributed by atoms with E-state index >= 15 is 0 Å². The van der Waals surface area contributed by atoms with Crippen LogP contribution >= 0.6 is 0 Å². The molecule has 2 fully saturated rings. The Kier molecular flexibility index (Phi) is 4.46. The van der Waals surface area contributed by atoms with Gasteiger partial charge in [-0.05, 0) is 25.7 Å². The summed E-state index contributed by atoms with van der Waals surface area (Å²) in [5, 5.41) is 8.76. The number of aliphatic carboxylic acids is 1. The molecule has 1 aliphatic carbocycles. The van der Waals surface area contributed by atoms with Crippen LogP contribution in [-0.2, 0) is 9.59 Å². The number of amides is 3. The lowest BCUT2D eigenvalue weighted by atomic mass is 9.98. The maximum absolute atomic E-state index is 12.5. The van der Waals surface area contributed by atoms with Crippen LogP contribution in [0.5, 0.6) is 0 Å². The highest BCUT2D eigenvalue weighted by Gasteiger charge is 2.37. The van der Waals surface area contributed by atoms with Gasteiger partial charge < -0.3 is 20.6 Å². The second-order valence-corrected chi connectivity index (χ2v) is 5.54. The number of hydrogen-bond acceptors (Lipinski definition) is 3. The summed E-state index contributed by atoms with van der Waals surface area (Å²) in [4.78, 5) is 37.7. The van der Waals surface area contributed by atoms with Crippen LogP contribution in [0.15, 0.2) is 0 Å². The molecule has 0 aromatic carbocycles. The van der Waals surface area contributed by atoms with Crippen molar-refractivity contribution in [3.8, 4) is 0 Å². The van der Waals surface area contributed by atoms with Gasteiger partial charge in [0.2, 0.25) is 5.91 Å². The summed E-state index contributed by atoms with van der Waals surface area (Å²) in [5.41, 5.74) is 5.31. The number of nitrogens with zero attached hydrogens (tertiary/aromatic N) is 2. The average Bonchev–Trinajstić information content (AvgIpc) is 3.23. The molecule has 1 heterocycles. The second kappa shape index (κ2) is 6.11. The van der Waals surface area contributed by atoms with Gasteiger partial charge in [-0.3, -0.25) is 9.59 Å². The SMILES string of the molecule is NC(=O)C1CCCN(C(=O)N(CCC(=O)O)C2CC2)C1. The number of carbonyl (C=O) groups excluding carboxylic acids is 2. The molecule has 1 unspecified atom stereocenters. The number of piperidine rings is 1. The molecule has 0 spiro atoms. The van der Waals surface area contributed by atoms with Crippen molar-refractivity contribution in [3.63, 3.8) is 0 Å². The van der Waals surface area contributed by atoms with Crippen molar-refractivity contribution >= 4 is 17.9 Å². The van der Waals surface area contributed by atoms with E-state index in [-0.39, 0.29) is 36.9 Å². The fourth-order valence-corrected chi connectivity index (χ4v) is 2.60. The van der Waals surface area contributed by atoms with Crippen molar-refractivity contribution in [3.05, 3.63) is 0 Å². The first-order valence-corrected chi connectivity index (χ1v) is 7.05. The van der Waals surface area contributed by atoms with Gasteiger partial charge in [0.25, 0.3) is 0 Å². The maximum atomic E-state index is 12.5. The monoisotopic (exact) mass is 283 g/mol. The van der Waals surface area contributed by atoms with E-state index in [0.29, 0.717) is 13.1 Å². The van der Waals surface area contributed by atoms with Crippen molar-refractivity contribution in [1.82, 2.24) is 9.80 Å². The summed E-state index contributed by atoms with van der Waals surface area (Å²) in [6.45, 7) is 1.19. The third-order valence-electron chi connectivity index (χ3n) is 3.89. The number of primary amides is 1. The first-order chi connectivity index (χ1) is 9.49. The molecule has 1 saturated heterocycles. The second-order valence-electron chi connectivity index (χ2n) is 5.54. The van der Waals surface area contributed by atoms with Crippen LogP contribution in [0, 0.1) is 5.92 Å². The van der Waals surface area contributed by atoms with Gasteiger partial charge in [-0.25, -0.2) is 4.79 Å². The van der Waals surface area contributed by atoms with Crippen LogP contribution < -0.4 is 5.73 Å². The number of likely N-dealkylation sites (tertiary alicyclic amines) is 1. The number of carboxylic acids is 1. The van der Waals surface area contributed by atoms with E-state index in [0.717, 1.165) is 25.7 Å². The summed E-state index contributed by atoms with van der Waals surface area (Å²) in [7, 11) is 0. The molecule has 112 valence electrons. The predicted molar refractivity (Wildman–Crippen MR) is 70.9 cm³/mol. The minimum Gasteiger partial charge on any atom is -0.481 e. The van der Waals surface area contributed by atoms with Crippen LogP contribution in [0.3, 0.4) is 0 Å². The van der Waals surface area contributed by atoms with Crippen molar-refractivity contribution in [2.24, 2.45) is 11.7 Å². The molecule has 2 aliphatic rings.